The van der Waals surface area contributed by atoms with Gasteiger partial charge in [0.05, 0.1) is 25.5 Å². The number of aryl methyl sites for hydroxylation is 1. The van der Waals surface area contributed by atoms with Gasteiger partial charge in [-0.15, -0.1) is 11.3 Å². The highest BCUT2D eigenvalue weighted by molar-refractivity contribution is 7.13. The lowest BCUT2D eigenvalue weighted by Crippen LogP contribution is -2.05. The summed E-state index contributed by atoms with van der Waals surface area (Å²) >= 11 is 1.49. The van der Waals surface area contributed by atoms with E-state index in [-0.39, 0.29) is 12.6 Å². The van der Waals surface area contributed by atoms with Crippen LogP contribution in [0.25, 0.3) is 10.6 Å². The van der Waals surface area contributed by atoms with Crippen LogP contribution in [0.5, 0.6) is 11.5 Å². The third-order valence-electron chi connectivity index (χ3n) is 3.82. The lowest BCUT2D eigenvalue weighted by atomic mass is 10.1. The van der Waals surface area contributed by atoms with Crippen LogP contribution in [0.4, 0.5) is 0 Å². The van der Waals surface area contributed by atoms with Gasteiger partial charge < -0.3 is 14.2 Å². The minimum Gasteiger partial charge on any atom is -0.493 e. The van der Waals surface area contributed by atoms with Gasteiger partial charge in [-0.1, -0.05) is 17.7 Å². The van der Waals surface area contributed by atoms with Crippen molar-refractivity contribution >= 4 is 17.3 Å². The fourth-order valence-electron chi connectivity index (χ4n) is 2.39. The van der Waals surface area contributed by atoms with Gasteiger partial charge in [-0.25, -0.2) is 9.78 Å². The number of carbonyl (C=O) groups excluding carboxylic acids is 1. The molecule has 0 bridgehead atoms. The topological polar surface area (TPSA) is 57.7 Å². The molecular formula is C20H19NO4S. The zero-order valence-electron chi connectivity index (χ0n) is 14.8. The van der Waals surface area contributed by atoms with Crippen LogP contribution in [0, 0.1) is 6.92 Å². The molecule has 2 aromatic carbocycles. The molecule has 0 N–H and O–H groups in total. The molecule has 0 saturated carbocycles. The number of carbonyl (C=O) groups is 1. The molecule has 3 aromatic rings. The molecule has 0 fully saturated rings. The van der Waals surface area contributed by atoms with Crippen molar-refractivity contribution in [2.45, 2.75) is 13.5 Å². The van der Waals surface area contributed by atoms with Crippen LogP contribution in [0.3, 0.4) is 0 Å². The first-order valence-electron chi connectivity index (χ1n) is 8.01. The molecule has 0 aliphatic carbocycles. The van der Waals surface area contributed by atoms with Gasteiger partial charge in [0.1, 0.15) is 11.6 Å². The van der Waals surface area contributed by atoms with E-state index >= 15 is 0 Å². The van der Waals surface area contributed by atoms with E-state index in [4.69, 9.17) is 14.2 Å². The van der Waals surface area contributed by atoms with Crippen LogP contribution in [0.15, 0.2) is 47.8 Å². The Morgan fingerprint density at radius 1 is 1.04 bits per heavy atom. The second-order valence-electron chi connectivity index (χ2n) is 5.66. The SMILES string of the molecule is COc1ccc(-c2nc(COC(=O)c3ccc(C)cc3)cs2)cc1OC. The Kier molecular flexibility index (Phi) is 5.53. The molecule has 0 atom stereocenters. The first-order valence-corrected chi connectivity index (χ1v) is 8.89. The normalized spacial score (nSPS) is 10.4. The van der Waals surface area contributed by atoms with Crippen molar-refractivity contribution in [3.05, 3.63) is 64.7 Å². The Hall–Kier alpha value is -2.86. The van der Waals surface area contributed by atoms with Crippen molar-refractivity contribution in [2.75, 3.05) is 14.2 Å². The summed E-state index contributed by atoms with van der Waals surface area (Å²) in [6, 6.07) is 12.9. The van der Waals surface area contributed by atoms with Crippen molar-refractivity contribution < 1.29 is 19.0 Å². The van der Waals surface area contributed by atoms with Gasteiger partial charge in [-0.05, 0) is 37.3 Å². The predicted octanol–water partition coefficient (Wildman–Crippen LogP) is 4.49. The Bertz CT molecular complexity index is 902. The lowest BCUT2D eigenvalue weighted by molar-refractivity contribution is 0.0468. The summed E-state index contributed by atoms with van der Waals surface area (Å²) in [6.45, 7) is 2.11. The highest BCUT2D eigenvalue weighted by Crippen LogP contribution is 2.33. The molecule has 0 radical (unpaired) electrons. The van der Waals surface area contributed by atoms with Crippen molar-refractivity contribution in [1.29, 1.82) is 0 Å². The number of hydrogen-bond acceptors (Lipinski definition) is 6. The van der Waals surface area contributed by atoms with Crippen LogP contribution in [-0.2, 0) is 11.3 Å². The Morgan fingerprint density at radius 2 is 1.77 bits per heavy atom. The zero-order chi connectivity index (χ0) is 18.5. The van der Waals surface area contributed by atoms with Crippen molar-refractivity contribution in [2.24, 2.45) is 0 Å². The van der Waals surface area contributed by atoms with Crippen molar-refractivity contribution in [3.63, 3.8) is 0 Å². The lowest BCUT2D eigenvalue weighted by Gasteiger charge is -2.08. The molecule has 0 unspecified atom stereocenters. The third kappa shape index (κ3) is 4.03. The zero-order valence-corrected chi connectivity index (χ0v) is 15.6. The summed E-state index contributed by atoms with van der Waals surface area (Å²) in [4.78, 5) is 16.6. The number of ether oxygens (including phenoxy) is 3. The van der Waals surface area contributed by atoms with E-state index in [9.17, 15) is 4.79 Å². The summed E-state index contributed by atoms with van der Waals surface area (Å²) in [7, 11) is 3.20. The van der Waals surface area contributed by atoms with E-state index < -0.39 is 0 Å². The summed E-state index contributed by atoms with van der Waals surface area (Å²) < 4.78 is 15.9. The van der Waals surface area contributed by atoms with E-state index in [1.165, 1.54) is 11.3 Å². The molecule has 0 amide bonds. The predicted molar refractivity (Wildman–Crippen MR) is 101 cm³/mol. The van der Waals surface area contributed by atoms with E-state index in [1.54, 1.807) is 26.4 Å². The Balaban J connectivity index is 1.68. The first-order chi connectivity index (χ1) is 12.6. The minimum atomic E-state index is -0.356. The first kappa shape index (κ1) is 17.9. The highest BCUT2D eigenvalue weighted by Gasteiger charge is 2.12. The van der Waals surface area contributed by atoms with E-state index in [0.717, 1.165) is 16.1 Å². The number of benzene rings is 2. The smallest absolute Gasteiger partial charge is 0.338 e. The minimum absolute atomic E-state index is 0.135. The van der Waals surface area contributed by atoms with Gasteiger partial charge in [0.2, 0.25) is 0 Å². The molecule has 3 rings (SSSR count). The highest BCUT2D eigenvalue weighted by atomic mass is 32.1. The van der Waals surface area contributed by atoms with Gasteiger partial charge in [0.15, 0.2) is 11.5 Å². The Morgan fingerprint density at radius 3 is 2.46 bits per heavy atom. The average molecular weight is 369 g/mol. The maximum atomic E-state index is 12.1. The molecule has 5 nitrogen and oxygen atoms in total. The van der Waals surface area contributed by atoms with E-state index in [0.29, 0.717) is 22.8 Å². The summed E-state index contributed by atoms with van der Waals surface area (Å²) in [5.74, 6) is 0.957. The van der Waals surface area contributed by atoms with Crippen LogP contribution in [0.2, 0.25) is 0 Å². The van der Waals surface area contributed by atoms with Gasteiger partial charge >= 0.3 is 5.97 Å². The number of nitrogens with zero attached hydrogens (tertiary/aromatic N) is 1. The van der Waals surface area contributed by atoms with Crippen LogP contribution < -0.4 is 9.47 Å². The van der Waals surface area contributed by atoms with Crippen molar-refractivity contribution in [3.8, 4) is 22.1 Å². The number of thiazole rings is 1. The number of hydrogen-bond donors (Lipinski definition) is 0. The number of aromatic nitrogens is 1. The quantitative estimate of drug-likeness (QED) is 0.599. The molecule has 6 heteroatoms. The fraction of sp³-hybridized carbons (Fsp3) is 0.200. The maximum absolute atomic E-state index is 12.1. The van der Waals surface area contributed by atoms with Crippen LogP contribution in [-0.4, -0.2) is 25.2 Å². The van der Waals surface area contributed by atoms with E-state index in [2.05, 4.69) is 4.98 Å². The van der Waals surface area contributed by atoms with Gasteiger partial charge in [0.25, 0.3) is 0 Å². The largest absolute Gasteiger partial charge is 0.493 e. The molecular weight excluding hydrogens is 350 g/mol. The maximum Gasteiger partial charge on any atom is 0.338 e. The molecule has 0 saturated heterocycles. The average Bonchev–Trinajstić information content (AvgIpc) is 3.15. The standard InChI is InChI=1S/C20H19NO4S/c1-13-4-6-14(7-5-13)20(22)25-11-16-12-26-19(21-16)15-8-9-17(23-2)18(10-15)24-3/h4-10,12H,11H2,1-3H3. The van der Waals surface area contributed by atoms with Crippen LogP contribution in [0.1, 0.15) is 21.6 Å². The number of methoxy groups -OCH3 is 2. The number of rotatable bonds is 6. The molecule has 134 valence electrons. The molecule has 26 heavy (non-hydrogen) atoms. The summed E-state index contributed by atoms with van der Waals surface area (Å²) in [6.07, 6.45) is 0. The van der Waals surface area contributed by atoms with Gasteiger partial charge in [-0.3, -0.25) is 0 Å². The van der Waals surface area contributed by atoms with Gasteiger partial charge in [0, 0.05) is 10.9 Å². The second kappa shape index (κ2) is 8.01. The fourth-order valence-corrected chi connectivity index (χ4v) is 3.19. The van der Waals surface area contributed by atoms with Crippen LogP contribution >= 0.6 is 11.3 Å². The molecule has 0 aliphatic rings. The van der Waals surface area contributed by atoms with E-state index in [1.807, 2.05) is 42.6 Å². The monoisotopic (exact) mass is 369 g/mol. The molecule has 1 heterocycles. The third-order valence-corrected chi connectivity index (χ3v) is 4.76. The van der Waals surface area contributed by atoms with Crippen molar-refractivity contribution in [1.82, 2.24) is 4.98 Å². The summed E-state index contributed by atoms with van der Waals surface area (Å²) in [5, 5.41) is 2.71. The molecule has 0 aliphatic heterocycles. The molecule has 0 spiro atoms. The summed E-state index contributed by atoms with van der Waals surface area (Å²) in [5.41, 5.74) is 3.26. The van der Waals surface area contributed by atoms with Gasteiger partial charge in [-0.2, -0.15) is 0 Å². The Labute approximate surface area is 156 Å². The second-order valence-corrected chi connectivity index (χ2v) is 6.51. The molecule has 1 aromatic heterocycles. The number of esters is 1.